The Morgan fingerprint density at radius 1 is 1.23 bits per heavy atom. The Morgan fingerprint density at radius 2 is 2.07 bits per heavy atom. The van der Waals surface area contributed by atoms with Gasteiger partial charge in [-0.25, -0.2) is 9.38 Å². The number of nitrogens with one attached hydrogen (secondary N) is 3. The van der Waals surface area contributed by atoms with Crippen molar-refractivity contribution >= 4 is 34.2 Å². The van der Waals surface area contributed by atoms with Crippen molar-refractivity contribution in [3.05, 3.63) is 52.6 Å². The quantitative estimate of drug-likeness (QED) is 0.530. The molecule has 0 radical (unpaired) electrons. The average Bonchev–Trinajstić information content (AvgIpc) is 3.33. The number of aryl methyl sites for hydroxylation is 1. The van der Waals surface area contributed by atoms with Gasteiger partial charge in [0.15, 0.2) is 0 Å². The van der Waals surface area contributed by atoms with Gasteiger partial charge in [0.25, 0.3) is 0 Å². The molecule has 1 aliphatic heterocycles. The molecule has 3 heterocycles. The molecule has 3 aliphatic carbocycles. The lowest BCUT2D eigenvalue weighted by Crippen LogP contribution is -2.46. The summed E-state index contributed by atoms with van der Waals surface area (Å²) in [6.07, 6.45) is 10.5. The number of fused-ring (bicyclic) bond motifs is 5. The Labute approximate surface area is 179 Å². The van der Waals surface area contributed by atoms with Crippen LogP contribution in [0.4, 0.5) is 10.2 Å². The molecular weight excluding hydrogens is 401 g/mol. The van der Waals surface area contributed by atoms with E-state index in [1.54, 1.807) is 0 Å². The van der Waals surface area contributed by atoms with Crippen LogP contribution in [0.5, 0.6) is 0 Å². The number of anilines is 1. The highest BCUT2D eigenvalue weighted by Gasteiger charge is 2.37. The van der Waals surface area contributed by atoms with Crippen LogP contribution in [0.25, 0.3) is 10.9 Å². The molecule has 7 rings (SSSR count). The second-order valence-electron chi connectivity index (χ2n) is 9.04. The Morgan fingerprint density at radius 3 is 2.83 bits per heavy atom. The van der Waals surface area contributed by atoms with Gasteiger partial charge in [-0.2, -0.15) is 0 Å². The molecule has 5 nitrogen and oxygen atoms in total. The molecule has 2 bridgehead atoms. The van der Waals surface area contributed by atoms with E-state index in [2.05, 4.69) is 32.4 Å². The summed E-state index contributed by atoms with van der Waals surface area (Å²) in [7, 11) is 2.03. The first-order chi connectivity index (χ1) is 14.6. The van der Waals surface area contributed by atoms with E-state index in [1.165, 1.54) is 44.2 Å². The summed E-state index contributed by atoms with van der Waals surface area (Å²) in [5.41, 5.74) is 2.71. The first-order valence-corrected chi connectivity index (χ1v) is 11.2. The Hall–Kier alpha value is -2.31. The van der Waals surface area contributed by atoms with Crippen molar-refractivity contribution in [2.24, 2.45) is 23.9 Å². The van der Waals surface area contributed by atoms with Crippen LogP contribution in [0.15, 0.2) is 35.6 Å². The summed E-state index contributed by atoms with van der Waals surface area (Å²) >= 11 is 6.25. The second kappa shape index (κ2) is 6.86. The molecule has 156 valence electrons. The first-order valence-electron chi connectivity index (χ1n) is 10.8. The fourth-order valence-corrected chi connectivity index (χ4v) is 5.93. The van der Waals surface area contributed by atoms with Gasteiger partial charge in [0, 0.05) is 42.0 Å². The van der Waals surface area contributed by atoms with Crippen molar-refractivity contribution in [2.75, 3.05) is 5.32 Å². The number of amidine groups is 1. The monoisotopic (exact) mass is 425 g/mol. The smallest absolute Gasteiger partial charge is 0.138 e. The highest BCUT2D eigenvalue weighted by molar-refractivity contribution is 6.35. The number of halogens is 2. The second-order valence-corrected chi connectivity index (χ2v) is 9.45. The summed E-state index contributed by atoms with van der Waals surface area (Å²) in [6.45, 7) is 0. The van der Waals surface area contributed by atoms with E-state index in [-0.39, 0.29) is 12.0 Å². The zero-order valence-electron chi connectivity index (χ0n) is 16.9. The molecular formula is C23H25ClFN5. The minimum Gasteiger partial charge on any atom is -0.359 e. The fraction of sp³-hybridized carbons (Fsp3) is 0.435. The predicted molar refractivity (Wildman–Crippen MR) is 119 cm³/mol. The van der Waals surface area contributed by atoms with Crippen LogP contribution in [0, 0.1) is 17.7 Å². The molecule has 0 amide bonds. The summed E-state index contributed by atoms with van der Waals surface area (Å²) < 4.78 is 16.1. The summed E-state index contributed by atoms with van der Waals surface area (Å²) in [5, 5.41) is 8.45. The zero-order chi connectivity index (χ0) is 20.4. The van der Waals surface area contributed by atoms with Crippen LogP contribution in [-0.2, 0) is 7.05 Å². The van der Waals surface area contributed by atoms with Gasteiger partial charge in [0.1, 0.15) is 23.6 Å². The van der Waals surface area contributed by atoms with E-state index in [9.17, 15) is 4.39 Å². The predicted octanol–water partition coefficient (Wildman–Crippen LogP) is 5.34. The molecule has 3 N–H and O–H groups in total. The molecule has 0 saturated heterocycles. The Balaban J connectivity index is 1.40. The Kier molecular flexibility index (Phi) is 4.22. The molecule has 7 heteroatoms. The largest absolute Gasteiger partial charge is 0.359 e. The summed E-state index contributed by atoms with van der Waals surface area (Å²) in [4.78, 5) is 8.25. The maximum Gasteiger partial charge on any atom is 0.138 e. The molecule has 3 aromatic rings. The van der Waals surface area contributed by atoms with Crippen LogP contribution in [-0.4, -0.2) is 21.4 Å². The minimum atomic E-state index is -0.350. The normalized spacial score (nSPS) is 27.8. The SMILES string of the molecule is Cn1ccc2c1NC(c1c[nH]c3c(Cl)cc(F)cc13)=NC2NC1CC2CCC1CC2. The Bertz CT molecular complexity index is 1150. The van der Waals surface area contributed by atoms with Gasteiger partial charge < -0.3 is 14.9 Å². The lowest BCUT2D eigenvalue weighted by atomic mass is 9.68. The van der Waals surface area contributed by atoms with Gasteiger partial charge in [-0.3, -0.25) is 5.32 Å². The third-order valence-electron chi connectivity index (χ3n) is 7.27. The number of nitrogens with zero attached hydrogens (tertiary/aromatic N) is 2. The molecule has 0 spiro atoms. The van der Waals surface area contributed by atoms with Crippen LogP contribution in [0.2, 0.25) is 5.02 Å². The van der Waals surface area contributed by atoms with E-state index in [4.69, 9.17) is 16.6 Å². The number of H-pyrrole nitrogens is 1. The molecule has 3 saturated carbocycles. The lowest BCUT2D eigenvalue weighted by Gasteiger charge is -2.44. The summed E-state index contributed by atoms with van der Waals surface area (Å²) in [6, 6.07) is 5.49. The van der Waals surface area contributed by atoms with E-state index in [0.717, 1.165) is 45.5 Å². The number of benzene rings is 1. The molecule has 1 aromatic carbocycles. The maximum absolute atomic E-state index is 14.1. The van der Waals surface area contributed by atoms with E-state index in [0.29, 0.717) is 11.1 Å². The standard InChI is InChI=1S/C23H25ClFN5/c1-30-7-6-15-21(27-19-8-12-2-4-13(19)5-3-12)28-22(29-23(15)30)17-11-26-20-16(17)9-14(25)10-18(20)24/h6-7,9-13,19,21,26-27H,2-5,8H2,1H3,(H,28,29). The number of hydrogen-bond donors (Lipinski definition) is 3. The molecule has 30 heavy (non-hydrogen) atoms. The van der Waals surface area contributed by atoms with Crippen LogP contribution < -0.4 is 10.6 Å². The van der Waals surface area contributed by atoms with Gasteiger partial charge in [-0.15, -0.1) is 0 Å². The van der Waals surface area contributed by atoms with Crippen molar-refractivity contribution < 1.29 is 4.39 Å². The summed E-state index contributed by atoms with van der Waals surface area (Å²) in [5.74, 6) is 3.01. The van der Waals surface area contributed by atoms with Crippen LogP contribution in [0.1, 0.15) is 49.4 Å². The van der Waals surface area contributed by atoms with E-state index >= 15 is 0 Å². The molecule has 4 aliphatic rings. The fourth-order valence-electron chi connectivity index (χ4n) is 5.67. The maximum atomic E-state index is 14.1. The van der Waals surface area contributed by atoms with Gasteiger partial charge in [-0.1, -0.05) is 24.4 Å². The third-order valence-corrected chi connectivity index (χ3v) is 7.57. The molecule has 2 aromatic heterocycles. The van der Waals surface area contributed by atoms with Gasteiger partial charge >= 0.3 is 0 Å². The zero-order valence-corrected chi connectivity index (χ0v) is 17.6. The van der Waals surface area contributed by atoms with Gasteiger partial charge in [0.2, 0.25) is 0 Å². The molecule has 2 unspecified atom stereocenters. The average molecular weight is 426 g/mol. The van der Waals surface area contributed by atoms with Crippen molar-refractivity contribution in [3.8, 4) is 0 Å². The van der Waals surface area contributed by atoms with Crippen LogP contribution >= 0.6 is 11.6 Å². The number of hydrogen-bond acceptors (Lipinski definition) is 3. The van der Waals surface area contributed by atoms with Crippen molar-refractivity contribution in [1.29, 1.82) is 0 Å². The van der Waals surface area contributed by atoms with E-state index < -0.39 is 0 Å². The lowest BCUT2D eigenvalue weighted by molar-refractivity contribution is 0.116. The first kappa shape index (κ1) is 18.5. The highest BCUT2D eigenvalue weighted by Crippen LogP contribution is 2.43. The van der Waals surface area contributed by atoms with Crippen molar-refractivity contribution in [2.45, 2.75) is 44.3 Å². The number of aliphatic imine (C=N–C) groups is 1. The van der Waals surface area contributed by atoms with Gasteiger partial charge in [-0.05, 0) is 49.3 Å². The van der Waals surface area contributed by atoms with Crippen molar-refractivity contribution in [1.82, 2.24) is 14.9 Å². The number of aromatic amines is 1. The van der Waals surface area contributed by atoms with Crippen molar-refractivity contribution in [3.63, 3.8) is 0 Å². The molecule has 2 atom stereocenters. The van der Waals surface area contributed by atoms with Gasteiger partial charge in [0.05, 0.1) is 10.5 Å². The van der Waals surface area contributed by atoms with E-state index in [1.807, 2.05) is 13.2 Å². The number of rotatable bonds is 3. The number of aromatic nitrogens is 2. The highest BCUT2D eigenvalue weighted by atomic mass is 35.5. The minimum absolute atomic E-state index is 0.115. The third kappa shape index (κ3) is 2.88. The topological polar surface area (TPSA) is 57.1 Å². The molecule has 3 fully saturated rings. The van der Waals surface area contributed by atoms with Crippen LogP contribution in [0.3, 0.4) is 0 Å².